The van der Waals surface area contributed by atoms with Crippen molar-refractivity contribution in [3.05, 3.63) is 200 Å². The third kappa shape index (κ3) is 5.60. The molecule has 0 unspecified atom stereocenters. The first-order valence-corrected chi connectivity index (χ1v) is 20.3. The van der Waals surface area contributed by atoms with Crippen molar-refractivity contribution < 1.29 is 0 Å². The Balaban J connectivity index is 1.01. The molecule has 11 aromatic rings. The molecular weight excluding hydrogens is 703 g/mol. The van der Waals surface area contributed by atoms with Crippen molar-refractivity contribution in [3.8, 4) is 33.4 Å². The van der Waals surface area contributed by atoms with E-state index in [1.165, 1.54) is 84.5 Å². The first kappa shape index (κ1) is 32.0. The molecule has 3 heteroatoms. The molecule has 0 spiro atoms. The molecule has 0 radical (unpaired) electrons. The van der Waals surface area contributed by atoms with Gasteiger partial charge in [-0.15, -0.1) is 22.7 Å². The second-order valence-electron chi connectivity index (χ2n) is 14.1. The number of benzene rings is 9. The first-order valence-electron chi connectivity index (χ1n) is 18.7. The van der Waals surface area contributed by atoms with Gasteiger partial charge in [0.25, 0.3) is 0 Å². The maximum Gasteiger partial charge on any atom is 0.0467 e. The third-order valence-electron chi connectivity index (χ3n) is 10.9. The minimum atomic E-state index is 1.11. The molecule has 0 aliphatic carbocycles. The van der Waals surface area contributed by atoms with E-state index in [0.29, 0.717) is 0 Å². The van der Waals surface area contributed by atoms with Crippen molar-refractivity contribution in [3.63, 3.8) is 0 Å². The Morgan fingerprint density at radius 1 is 0.273 bits per heavy atom. The summed E-state index contributed by atoms with van der Waals surface area (Å²) in [4.78, 5) is 2.38. The van der Waals surface area contributed by atoms with E-state index >= 15 is 0 Å². The highest BCUT2D eigenvalue weighted by Crippen LogP contribution is 2.42. The van der Waals surface area contributed by atoms with Crippen LogP contribution >= 0.6 is 22.7 Å². The van der Waals surface area contributed by atoms with Crippen LogP contribution in [0.2, 0.25) is 0 Å². The Kier molecular flexibility index (Phi) is 7.61. The van der Waals surface area contributed by atoms with Gasteiger partial charge >= 0.3 is 0 Å². The fourth-order valence-electron chi connectivity index (χ4n) is 8.15. The highest BCUT2D eigenvalue weighted by Gasteiger charge is 2.16. The van der Waals surface area contributed by atoms with Crippen LogP contribution in [0.4, 0.5) is 17.1 Å². The van der Waals surface area contributed by atoms with Crippen molar-refractivity contribution in [1.82, 2.24) is 0 Å². The molecule has 55 heavy (non-hydrogen) atoms. The average Bonchev–Trinajstić information content (AvgIpc) is 3.82. The molecule has 0 amide bonds. The summed E-state index contributed by atoms with van der Waals surface area (Å²) < 4.78 is 5.30. The number of nitrogens with zero attached hydrogens (tertiary/aromatic N) is 1. The van der Waals surface area contributed by atoms with Crippen LogP contribution in [0, 0.1) is 0 Å². The van der Waals surface area contributed by atoms with Gasteiger partial charge in [-0.25, -0.2) is 0 Å². The molecule has 2 aromatic heterocycles. The van der Waals surface area contributed by atoms with Gasteiger partial charge in [0.05, 0.1) is 0 Å². The monoisotopic (exact) mass is 735 g/mol. The standard InChI is InChI=1S/C52H33NS2/c1-2-13-43-35(9-1)10-8-16-44(43)36-21-27-41(28-22-36)53(40-25-19-34(20-26-40)39-23-29-47-45-14-3-5-17-49(45)55-52(47)33-39)42-12-7-11-37(31-42)38-24-30-51-48(32-38)46-15-4-6-18-50(46)54-51/h1-33H. The molecule has 0 saturated heterocycles. The highest BCUT2D eigenvalue weighted by molar-refractivity contribution is 7.26. The molecule has 9 aromatic carbocycles. The van der Waals surface area contributed by atoms with Crippen molar-refractivity contribution in [2.24, 2.45) is 0 Å². The van der Waals surface area contributed by atoms with E-state index in [1.807, 2.05) is 22.7 Å². The minimum absolute atomic E-state index is 1.11. The number of rotatable bonds is 6. The predicted molar refractivity (Wildman–Crippen MR) is 241 cm³/mol. The summed E-state index contributed by atoms with van der Waals surface area (Å²) in [6, 6.07) is 73.5. The normalized spacial score (nSPS) is 11.6. The lowest BCUT2D eigenvalue weighted by Gasteiger charge is -2.26. The van der Waals surface area contributed by atoms with E-state index < -0.39 is 0 Å². The van der Waals surface area contributed by atoms with E-state index in [2.05, 4.69) is 205 Å². The number of fused-ring (bicyclic) bond motifs is 7. The maximum absolute atomic E-state index is 2.38. The van der Waals surface area contributed by atoms with Crippen LogP contribution in [-0.2, 0) is 0 Å². The molecular formula is C52H33NS2. The van der Waals surface area contributed by atoms with Gasteiger partial charge in [-0.05, 0) is 111 Å². The second kappa shape index (κ2) is 13.1. The quantitative estimate of drug-likeness (QED) is 0.164. The molecule has 0 aliphatic rings. The summed E-state index contributed by atoms with van der Waals surface area (Å²) in [5.74, 6) is 0. The Labute approximate surface area is 327 Å². The van der Waals surface area contributed by atoms with Gasteiger partial charge < -0.3 is 4.90 Å². The van der Waals surface area contributed by atoms with E-state index in [9.17, 15) is 0 Å². The zero-order valence-electron chi connectivity index (χ0n) is 29.8. The van der Waals surface area contributed by atoms with Crippen LogP contribution in [0.5, 0.6) is 0 Å². The molecule has 0 bridgehead atoms. The predicted octanol–water partition coefficient (Wildman–Crippen LogP) is 16.0. The van der Waals surface area contributed by atoms with E-state index in [-0.39, 0.29) is 0 Å². The molecule has 1 nitrogen and oxygen atoms in total. The molecule has 258 valence electrons. The molecule has 0 aliphatic heterocycles. The van der Waals surface area contributed by atoms with Crippen molar-refractivity contribution in [2.45, 2.75) is 0 Å². The Bertz CT molecular complexity index is 3200. The fraction of sp³-hybridized carbons (Fsp3) is 0. The lowest BCUT2D eigenvalue weighted by molar-refractivity contribution is 1.28. The topological polar surface area (TPSA) is 3.24 Å². The van der Waals surface area contributed by atoms with E-state index in [1.54, 1.807) is 0 Å². The molecule has 11 rings (SSSR count). The zero-order valence-corrected chi connectivity index (χ0v) is 31.4. The van der Waals surface area contributed by atoms with Crippen molar-refractivity contribution >= 4 is 90.9 Å². The van der Waals surface area contributed by atoms with Gasteiger partial charge in [0.15, 0.2) is 0 Å². The first-order chi connectivity index (χ1) is 27.2. The van der Waals surface area contributed by atoms with Gasteiger partial charge in [0.1, 0.15) is 0 Å². The lowest BCUT2D eigenvalue weighted by atomic mass is 9.98. The molecule has 2 heterocycles. The van der Waals surface area contributed by atoms with E-state index in [4.69, 9.17) is 0 Å². The Hall–Kier alpha value is -6.52. The van der Waals surface area contributed by atoms with Crippen LogP contribution in [0.25, 0.3) is 84.5 Å². The number of anilines is 3. The minimum Gasteiger partial charge on any atom is -0.310 e. The molecule has 0 N–H and O–H groups in total. The summed E-state index contributed by atoms with van der Waals surface area (Å²) in [6.07, 6.45) is 0. The third-order valence-corrected chi connectivity index (χ3v) is 13.2. The van der Waals surface area contributed by atoms with Crippen molar-refractivity contribution in [1.29, 1.82) is 0 Å². The molecule has 0 fully saturated rings. The zero-order chi connectivity index (χ0) is 36.3. The lowest BCUT2D eigenvalue weighted by Crippen LogP contribution is -2.10. The summed E-state index contributed by atoms with van der Waals surface area (Å²) in [7, 11) is 0. The molecule has 0 saturated carbocycles. The Morgan fingerprint density at radius 3 is 1.58 bits per heavy atom. The van der Waals surface area contributed by atoms with E-state index in [0.717, 1.165) is 17.1 Å². The van der Waals surface area contributed by atoms with Gasteiger partial charge in [-0.2, -0.15) is 0 Å². The van der Waals surface area contributed by atoms with Gasteiger partial charge in [-0.3, -0.25) is 0 Å². The largest absolute Gasteiger partial charge is 0.310 e. The van der Waals surface area contributed by atoms with Gasteiger partial charge in [0, 0.05) is 57.4 Å². The maximum atomic E-state index is 2.38. The number of thiophene rings is 2. The summed E-state index contributed by atoms with van der Waals surface area (Å²) in [6.45, 7) is 0. The summed E-state index contributed by atoms with van der Waals surface area (Å²) in [5, 5.41) is 7.81. The smallest absolute Gasteiger partial charge is 0.0467 e. The fourth-order valence-corrected chi connectivity index (χ4v) is 10.4. The summed E-state index contributed by atoms with van der Waals surface area (Å²) >= 11 is 3.73. The molecule has 0 atom stereocenters. The highest BCUT2D eigenvalue weighted by atomic mass is 32.1. The van der Waals surface area contributed by atoms with Crippen LogP contribution < -0.4 is 4.90 Å². The second-order valence-corrected chi connectivity index (χ2v) is 16.3. The summed E-state index contributed by atoms with van der Waals surface area (Å²) in [5.41, 5.74) is 10.6. The van der Waals surface area contributed by atoms with Crippen LogP contribution in [0.15, 0.2) is 200 Å². The number of hydrogen-bond acceptors (Lipinski definition) is 3. The van der Waals surface area contributed by atoms with Gasteiger partial charge in [0.2, 0.25) is 0 Å². The van der Waals surface area contributed by atoms with Crippen LogP contribution in [-0.4, -0.2) is 0 Å². The van der Waals surface area contributed by atoms with Crippen molar-refractivity contribution in [2.75, 3.05) is 4.90 Å². The van der Waals surface area contributed by atoms with Gasteiger partial charge in [-0.1, -0.05) is 133 Å². The SMILES string of the molecule is c1cc(-c2ccc3sc4ccccc4c3c2)cc(N(c2ccc(-c3ccc4c(c3)sc3ccccc34)cc2)c2ccc(-c3cccc4ccccc34)cc2)c1. The average molecular weight is 736 g/mol. The van der Waals surface area contributed by atoms with Crippen LogP contribution in [0.3, 0.4) is 0 Å². The van der Waals surface area contributed by atoms with Crippen LogP contribution in [0.1, 0.15) is 0 Å². The Morgan fingerprint density at radius 2 is 0.800 bits per heavy atom. The number of hydrogen-bond donors (Lipinski definition) is 0.